The van der Waals surface area contributed by atoms with Gasteiger partial charge in [0.15, 0.2) is 8.32 Å². The molecule has 0 aliphatic rings. The third kappa shape index (κ3) is 18.1. The molecule has 0 saturated heterocycles. The Labute approximate surface area is 382 Å². The van der Waals surface area contributed by atoms with E-state index in [0.717, 1.165) is 39.3 Å². The Kier molecular flexibility index (Phi) is 21.5. The molecule has 0 fully saturated rings. The molecule has 4 atom stereocenters. The lowest BCUT2D eigenvalue weighted by atomic mass is 9.89. The standard InChI is InChI=1S/C27H40BrClO3Si.C21H26BrClO3/c1-19(2)32-26-13-10-22(18-24(26)29)25(30)17-21(16-20-8-11-23(28)12-9-20)14-15-31-33(6,7)27(3,4)5;1-14(2)26-21-8-5-17(13-19(21)23)20(25)12-16(9-10-24)11-15-3-6-18(22)7-4-15/h8-13,18-19,21,25,30H,14-17H2,1-7H3;3-8,13-14,16,20,24-25H,9-12H2,1-2H3/t21-,25?;16-,20?/m11/s1. The molecule has 0 heterocycles. The number of ether oxygens (including phenoxy) is 2. The van der Waals surface area contributed by atoms with E-state index in [2.05, 4.69) is 102 Å². The molecule has 0 spiro atoms. The maximum absolute atomic E-state index is 11.1. The van der Waals surface area contributed by atoms with Crippen molar-refractivity contribution in [2.24, 2.45) is 11.8 Å². The molecule has 4 aromatic carbocycles. The van der Waals surface area contributed by atoms with E-state index in [9.17, 15) is 15.3 Å². The van der Waals surface area contributed by atoms with Gasteiger partial charge < -0.3 is 29.2 Å². The summed E-state index contributed by atoms with van der Waals surface area (Å²) in [5, 5.41) is 32.3. The zero-order chi connectivity index (χ0) is 43.9. The second-order valence-electron chi connectivity index (χ2n) is 17.5. The molecule has 4 rings (SSSR count). The number of benzene rings is 4. The van der Waals surface area contributed by atoms with Gasteiger partial charge in [-0.2, -0.15) is 0 Å². The summed E-state index contributed by atoms with van der Waals surface area (Å²) in [6.07, 6.45) is 3.35. The van der Waals surface area contributed by atoms with Gasteiger partial charge in [-0.3, -0.25) is 0 Å². The topological polar surface area (TPSA) is 88.4 Å². The molecule has 0 radical (unpaired) electrons. The van der Waals surface area contributed by atoms with Crippen molar-refractivity contribution in [2.75, 3.05) is 13.2 Å². The van der Waals surface area contributed by atoms with Crippen LogP contribution in [0.5, 0.6) is 11.5 Å². The van der Waals surface area contributed by atoms with Crippen LogP contribution in [0.2, 0.25) is 28.2 Å². The Morgan fingerprint density at radius 1 is 0.627 bits per heavy atom. The van der Waals surface area contributed by atoms with Crippen molar-refractivity contribution in [3.8, 4) is 11.5 Å². The fourth-order valence-corrected chi connectivity index (χ4v) is 8.50. The maximum Gasteiger partial charge on any atom is 0.191 e. The van der Waals surface area contributed by atoms with Crippen LogP contribution in [0, 0.1) is 11.8 Å². The van der Waals surface area contributed by atoms with Crippen LogP contribution in [0.25, 0.3) is 0 Å². The van der Waals surface area contributed by atoms with Crippen molar-refractivity contribution in [1.82, 2.24) is 0 Å². The van der Waals surface area contributed by atoms with E-state index in [1.54, 1.807) is 12.1 Å². The summed E-state index contributed by atoms with van der Waals surface area (Å²) in [7, 11) is -1.80. The van der Waals surface area contributed by atoms with E-state index in [1.165, 1.54) is 11.1 Å². The highest BCUT2D eigenvalue weighted by atomic mass is 79.9. The highest BCUT2D eigenvalue weighted by molar-refractivity contribution is 9.10. The summed E-state index contributed by atoms with van der Waals surface area (Å²) in [4.78, 5) is 0. The van der Waals surface area contributed by atoms with Gasteiger partial charge in [0.05, 0.1) is 34.5 Å². The molecule has 0 aliphatic heterocycles. The van der Waals surface area contributed by atoms with Crippen LogP contribution in [0.15, 0.2) is 93.9 Å². The van der Waals surface area contributed by atoms with Gasteiger partial charge in [-0.25, -0.2) is 0 Å². The summed E-state index contributed by atoms with van der Waals surface area (Å²) in [5.41, 5.74) is 4.05. The lowest BCUT2D eigenvalue weighted by molar-refractivity contribution is 0.132. The SMILES string of the molecule is CC(C)Oc1ccc(C(O)C[C@H](CCO)Cc2ccc(Br)cc2)cc1Cl.CC(C)Oc1ccc(C(O)C[C@H](CCO[Si](C)(C)C(C)(C)C)Cc2ccc(Br)cc2)cc1Cl. The number of hydrogen-bond donors (Lipinski definition) is 3. The van der Waals surface area contributed by atoms with Gasteiger partial charge in [-0.15, -0.1) is 0 Å². The summed E-state index contributed by atoms with van der Waals surface area (Å²) in [6.45, 7) is 20.0. The van der Waals surface area contributed by atoms with Crippen molar-refractivity contribution in [3.63, 3.8) is 0 Å². The molecule has 59 heavy (non-hydrogen) atoms. The monoisotopic (exact) mass is 994 g/mol. The van der Waals surface area contributed by atoms with Crippen molar-refractivity contribution >= 4 is 63.4 Å². The zero-order valence-electron chi connectivity index (χ0n) is 36.3. The Hall–Kier alpha value is -1.92. The first-order chi connectivity index (χ1) is 27.7. The smallest absolute Gasteiger partial charge is 0.191 e. The average molecular weight is 998 g/mol. The van der Waals surface area contributed by atoms with Crippen LogP contribution >= 0.6 is 55.1 Å². The second-order valence-corrected chi connectivity index (χ2v) is 25.0. The Morgan fingerprint density at radius 3 is 1.36 bits per heavy atom. The van der Waals surface area contributed by atoms with Crippen LogP contribution < -0.4 is 9.47 Å². The molecule has 4 aromatic rings. The molecule has 3 N–H and O–H groups in total. The van der Waals surface area contributed by atoms with Crippen LogP contribution in [-0.2, 0) is 17.3 Å². The summed E-state index contributed by atoms with van der Waals surface area (Å²) < 4.78 is 19.9. The van der Waals surface area contributed by atoms with E-state index in [1.807, 2.05) is 64.1 Å². The quantitative estimate of drug-likeness (QED) is 0.0765. The highest BCUT2D eigenvalue weighted by Crippen LogP contribution is 2.38. The van der Waals surface area contributed by atoms with Gasteiger partial charge in [0, 0.05) is 22.2 Å². The molecule has 0 aliphatic carbocycles. The fraction of sp³-hybridized carbons (Fsp3) is 0.500. The first-order valence-corrected chi connectivity index (χ1v) is 25.9. The largest absolute Gasteiger partial charge is 0.489 e. The third-order valence-corrected chi connectivity index (χ3v) is 16.9. The maximum atomic E-state index is 11.1. The first kappa shape index (κ1) is 51.4. The van der Waals surface area contributed by atoms with Crippen LogP contribution in [0.3, 0.4) is 0 Å². The average Bonchev–Trinajstić information content (AvgIpc) is 3.14. The van der Waals surface area contributed by atoms with Gasteiger partial charge in [0.1, 0.15) is 11.5 Å². The predicted molar refractivity (Wildman–Crippen MR) is 256 cm³/mol. The minimum atomic E-state index is -1.80. The third-order valence-electron chi connectivity index (χ3n) is 10.7. The van der Waals surface area contributed by atoms with E-state index < -0.39 is 20.5 Å². The summed E-state index contributed by atoms with van der Waals surface area (Å²) in [6, 6.07) is 27.6. The molecule has 0 amide bonds. The number of halogens is 4. The zero-order valence-corrected chi connectivity index (χ0v) is 42.0. The fourth-order valence-electron chi connectivity index (χ4n) is 6.45. The molecule has 0 saturated carbocycles. The Balaban J connectivity index is 0.000000324. The van der Waals surface area contributed by atoms with E-state index >= 15 is 0 Å². The van der Waals surface area contributed by atoms with Gasteiger partial charge in [-0.1, -0.05) is 112 Å². The number of aliphatic hydroxyl groups excluding tert-OH is 3. The Morgan fingerprint density at radius 2 is 1.02 bits per heavy atom. The predicted octanol–water partition coefficient (Wildman–Crippen LogP) is 14.1. The minimum Gasteiger partial charge on any atom is -0.489 e. The van der Waals surface area contributed by atoms with Gasteiger partial charge in [0.2, 0.25) is 0 Å². The molecule has 11 heteroatoms. The molecular weight excluding hydrogens is 931 g/mol. The van der Waals surface area contributed by atoms with E-state index in [-0.39, 0.29) is 35.7 Å². The molecule has 6 nitrogen and oxygen atoms in total. The lowest BCUT2D eigenvalue weighted by Gasteiger charge is -2.36. The van der Waals surface area contributed by atoms with Crippen molar-refractivity contribution in [1.29, 1.82) is 0 Å². The second kappa shape index (κ2) is 24.6. The molecular formula is C48H66Br2Cl2O6Si. The summed E-state index contributed by atoms with van der Waals surface area (Å²) in [5.74, 6) is 1.74. The van der Waals surface area contributed by atoms with Gasteiger partial charge in [0.25, 0.3) is 0 Å². The van der Waals surface area contributed by atoms with Crippen molar-refractivity contribution in [2.45, 2.75) is 130 Å². The van der Waals surface area contributed by atoms with E-state index in [0.29, 0.717) is 47.4 Å². The molecule has 0 aromatic heterocycles. The lowest BCUT2D eigenvalue weighted by Crippen LogP contribution is -2.41. The minimum absolute atomic E-state index is 0.0446. The highest BCUT2D eigenvalue weighted by Gasteiger charge is 2.37. The number of hydrogen-bond acceptors (Lipinski definition) is 6. The number of aliphatic hydroxyl groups is 3. The van der Waals surface area contributed by atoms with Crippen molar-refractivity contribution < 1.29 is 29.2 Å². The first-order valence-electron chi connectivity index (χ1n) is 20.7. The van der Waals surface area contributed by atoms with Crippen molar-refractivity contribution in [3.05, 3.63) is 126 Å². The van der Waals surface area contributed by atoms with Gasteiger partial charge >= 0.3 is 0 Å². The normalized spacial score (nSPS) is 14.1. The van der Waals surface area contributed by atoms with Crippen LogP contribution in [0.4, 0.5) is 0 Å². The van der Waals surface area contributed by atoms with E-state index in [4.69, 9.17) is 37.1 Å². The van der Waals surface area contributed by atoms with Crippen LogP contribution in [-0.4, -0.2) is 49.1 Å². The summed E-state index contributed by atoms with van der Waals surface area (Å²) >= 11 is 19.7. The van der Waals surface area contributed by atoms with Crippen LogP contribution in [0.1, 0.15) is 109 Å². The molecule has 0 bridgehead atoms. The molecule has 2 unspecified atom stereocenters. The van der Waals surface area contributed by atoms with Gasteiger partial charge in [-0.05, 0) is 167 Å². The Bertz CT molecular complexity index is 1830. The number of rotatable bonds is 20. The molecule has 326 valence electrons.